The van der Waals surface area contributed by atoms with E-state index in [1.807, 2.05) is 0 Å². The highest BCUT2D eigenvalue weighted by molar-refractivity contribution is 5.71. The number of allylic oxidation sites excluding steroid dienone is 4. The van der Waals surface area contributed by atoms with Gasteiger partial charge in [0.15, 0.2) is 6.10 Å². The Hall–Kier alpha value is -2.11. The van der Waals surface area contributed by atoms with Crippen LogP contribution in [0.5, 0.6) is 0 Å². The predicted octanol–water partition coefficient (Wildman–Crippen LogP) is 22.6. The summed E-state index contributed by atoms with van der Waals surface area (Å²) >= 11 is 0. The van der Waals surface area contributed by atoms with Crippen molar-refractivity contribution in [2.45, 2.75) is 380 Å². The van der Waals surface area contributed by atoms with Crippen LogP contribution in [0, 0.1) is 0 Å². The second-order valence-corrected chi connectivity index (χ2v) is 22.7. The SMILES string of the molecule is CCCCCC/C=C\C/C=C\CCCCCCCCCC(=O)OC(COC(=O)CCCCCCCCCCCCCCCCCCCC)COC(=O)CCCCCCCCCCCCCCCCCCCCCC. The van der Waals surface area contributed by atoms with Crippen LogP contribution in [0.15, 0.2) is 24.3 Å². The highest BCUT2D eigenvalue weighted by atomic mass is 16.6. The third-order valence-corrected chi connectivity index (χ3v) is 15.2. The van der Waals surface area contributed by atoms with Crippen LogP contribution in [0.1, 0.15) is 374 Å². The number of ether oxygens (including phenoxy) is 3. The Morgan fingerprint density at radius 1 is 0.270 bits per heavy atom. The zero-order valence-electron chi connectivity index (χ0n) is 50.1. The first kappa shape index (κ1) is 71.9. The van der Waals surface area contributed by atoms with Crippen molar-refractivity contribution in [1.29, 1.82) is 0 Å². The average Bonchev–Trinajstić information content (AvgIpc) is 3.40. The molecule has 74 heavy (non-hydrogen) atoms. The fourth-order valence-corrected chi connectivity index (χ4v) is 10.2. The maximum absolute atomic E-state index is 12.9. The van der Waals surface area contributed by atoms with Crippen molar-refractivity contribution in [3.63, 3.8) is 0 Å². The second kappa shape index (κ2) is 63.4. The van der Waals surface area contributed by atoms with Gasteiger partial charge in [-0.3, -0.25) is 14.4 Å². The summed E-state index contributed by atoms with van der Waals surface area (Å²) in [6.45, 7) is 6.70. The molecular weight excluding hydrogens is 913 g/mol. The minimum atomic E-state index is -0.772. The number of carbonyl (C=O) groups excluding carboxylic acids is 3. The van der Waals surface area contributed by atoms with Gasteiger partial charge in [-0.15, -0.1) is 0 Å². The van der Waals surface area contributed by atoms with Crippen LogP contribution in [0.4, 0.5) is 0 Å². The van der Waals surface area contributed by atoms with E-state index in [1.54, 1.807) is 0 Å². The van der Waals surface area contributed by atoms with E-state index >= 15 is 0 Å². The molecule has 0 aromatic rings. The molecule has 0 aromatic carbocycles. The van der Waals surface area contributed by atoms with Gasteiger partial charge in [-0.2, -0.15) is 0 Å². The normalized spacial score (nSPS) is 12.1. The molecule has 0 aliphatic heterocycles. The summed E-state index contributed by atoms with van der Waals surface area (Å²) in [7, 11) is 0. The number of esters is 3. The minimum Gasteiger partial charge on any atom is -0.462 e. The maximum atomic E-state index is 12.9. The summed E-state index contributed by atoms with van der Waals surface area (Å²) in [4.78, 5) is 38.4. The number of unbranched alkanes of at least 4 members (excludes halogenated alkanes) is 47. The summed E-state index contributed by atoms with van der Waals surface area (Å²) in [5.74, 6) is -0.844. The summed E-state index contributed by atoms with van der Waals surface area (Å²) < 4.78 is 17.0. The molecule has 0 saturated heterocycles. The molecule has 0 rings (SSSR count). The second-order valence-electron chi connectivity index (χ2n) is 22.7. The third kappa shape index (κ3) is 60.8. The van der Waals surface area contributed by atoms with E-state index in [0.29, 0.717) is 19.3 Å². The first-order chi connectivity index (χ1) is 36.5. The first-order valence-electron chi connectivity index (χ1n) is 33.3. The third-order valence-electron chi connectivity index (χ3n) is 15.2. The van der Waals surface area contributed by atoms with E-state index in [2.05, 4.69) is 45.1 Å². The molecule has 0 bridgehead atoms. The zero-order valence-corrected chi connectivity index (χ0v) is 50.1. The molecule has 0 amide bonds. The lowest BCUT2D eigenvalue weighted by Crippen LogP contribution is -2.30. The van der Waals surface area contributed by atoms with Crippen LogP contribution in [0.2, 0.25) is 0 Å². The summed E-state index contributed by atoms with van der Waals surface area (Å²) in [5, 5.41) is 0. The molecule has 0 saturated carbocycles. The van der Waals surface area contributed by atoms with E-state index in [-0.39, 0.29) is 31.1 Å². The van der Waals surface area contributed by atoms with Gasteiger partial charge in [0.2, 0.25) is 0 Å². The van der Waals surface area contributed by atoms with Gasteiger partial charge in [-0.05, 0) is 51.4 Å². The summed E-state index contributed by atoms with van der Waals surface area (Å²) in [5.41, 5.74) is 0. The van der Waals surface area contributed by atoms with Gasteiger partial charge in [-0.25, -0.2) is 0 Å². The monoisotopic (exact) mass is 1040 g/mol. The van der Waals surface area contributed by atoms with Crippen molar-refractivity contribution in [3.05, 3.63) is 24.3 Å². The largest absolute Gasteiger partial charge is 0.462 e. The molecule has 6 heteroatoms. The van der Waals surface area contributed by atoms with E-state index in [9.17, 15) is 14.4 Å². The Kier molecular flexibility index (Phi) is 61.6. The molecule has 436 valence electrons. The molecule has 0 radical (unpaired) electrons. The van der Waals surface area contributed by atoms with Crippen LogP contribution in [-0.2, 0) is 28.6 Å². The molecule has 1 atom stereocenters. The Bertz CT molecular complexity index is 1190. The van der Waals surface area contributed by atoms with Crippen molar-refractivity contribution in [2.75, 3.05) is 13.2 Å². The molecular formula is C68H128O6. The maximum Gasteiger partial charge on any atom is 0.306 e. The fourth-order valence-electron chi connectivity index (χ4n) is 10.2. The van der Waals surface area contributed by atoms with E-state index in [0.717, 1.165) is 70.6 Å². The summed E-state index contributed by atoms with van der Waals surface area (Å²) in [6.07, 6.45) is 76.1. The van der Waals surface area contributed by atoms with Crippen molar-refractivity contribution in [1.82, 2.24) is 0 Å². The minimum absolute atomic E-state index is 0.0682. The van der Waals surface area contributed by atoms with Gasteiger partial charge in [0.05, 0.1) is 0 Å². The van der Waals surface area contributed by atoms with Crippen molar-refractivity contribution in [2.24, 2.45) is 0 Å². The van der Waals surface area contributed by atoms with Gasteiger partial charge in [-0.1, -0.05) is 328 Å². The van der Waals surface area contributed by atoms with Crippen LogP contribution in [-0.4, -0.2) is 37.2 Å². The molecule has 0 N–H and O–H groups in total. The Balaban J connectivity index is 4.31. The van der Waals surface area contributed by atoms with Crippen LogP contribution >= 0.6 is 0 Å². The van der Waals surface area contributed by atoms with Crippen molar-refractivity contribution < 1.29 is 28.6 Å². The van der Waals surface area contributed by atoms with E-state index in [1.165, 1.54) is 263 Å². The number of hydrogen-bond acceptors (Lipinski definition) is 6. The summed E-state index contributed by atoms with van der Waals surface area (Å²) in [6, 6.07) is 0. The Labute approximate surface area is 462 Å². The molecule has 0 aliphatic carbocycles. The van der Waals surface area contributed by atoms with Crippen molar-refractivity contribution in [3.8, 4) is 0 Å². The highest BCUT2D eigenvalue weighted by Crippen LogP contribution is 2.18. The molecule has 0 fully saturated rings. The number of carbonyl (C=O) groups is 3. The number of hydrogen-bond donors (Lipinski definition) is 0. The van der Waals surface area contributed by atoms with Crippen LogP contribution in [0.3, 0.4) is 0 Å². The smallest absolute Gasteiger partial charge is 0.306 e. The number of rotatable bonds is 62. The molecule has 0 aromatic heterocycles. The topological polar surface area (TPSA) is 78.9 Å². The van der Waals surface area contributed by atoms with Gasteiger partial charge in [0.25, 0.3) is 0 Å². The van der Waals surface area contributed by atoms with E-state index in [4.69, 9.17) is 14.2 Å². The molecule has 0 spiro atoms. The van der Waals surface area contributed by atoms with Gasteiger partial charge in [0.1, 0.15) is 13.2 Å². The standard InChI is InChI=1S/C68H128O6/c1-4-7-10-13-16-19-22-25-28-31-34-35-38-40-43-46-49-52-55-58-61-67(70)73-64-65(74-68(71)62-59-56-53-50-47-44-41-37-33-30-27-24-21-18-15-12-9-6-3)63-72-66(69)60-57-54-51-48-45-42-39-36-32-29-26-23-20-17-14-11-8-5-2/h21,24,30,33,65H,4-20,22-23,25-29,31-32,34-64H2,1-3H3/b24-21-,33-30-. The Morgan fingerprint density at radius 3 is 0.757 bits per heavy atom. The Morgan fingerprint density at radius 2 is 0.486 bits per heavy atom. The highest BCUT2D eigenvalue weighted by Gasteiger charge is 2.19. The predicted molar refractivity (Wildman–Crippen MR) is 321 cm³/mol. The average molecular weight is 1040 g/mol. The van der Waals surface area contributed by atoms with Crippen LogP contribution in [0.25, 0.3) is 0 Å². The lowest BCUT2D eigenvalue weighted by atomic mass is 10.0. The quantitative estimate of drug-likeness (QED) is 0.0261. The zero-order chi connectivity index (χ0) is 53.6. The lowest BCUT2D eigenvalue weighted by molar-refractivity contribution is -0.167. The van der Waals surface area contributed by atoms with Gasteiger partial charge >= 0.3 is 17.9 Å². The fraction of sp³-hybridized carbons (Fsp3) is 0.897. The molecule has 6 nitrogen and oxygen atoms in total. The van der Waals surface area contributed by atoms with Crippen LogP contribution < -0.4 is 0 Å². The molecule has 0 heterocycles. The van der Waals surface area contributed by atoms with Gasteiger partial charge < -0.3 is 14.2 Å². The lowest BCUT2D eigenvalue weighted by Gasteiger charge is -2.18. The van der Waals surface area contributed by atoms with Crippen molar-refractivity contribution >= 4 is 17.9 Å². The van der Waals surface area contributed by atoms with Gasteiger partial charge in [0, 0.05) is 19.3 Å². The molecule has 0 aliphatic rings. The first-order valence-corrected chi connectivity index (χ1v) is 33.3. The van der Waals surface area contributed by atoms with E-state index < -0.39 is 6.10 Å². The molecule has 1 unspecified atom stereocenters.